The van der Waals surface area contributed by atoms with Crippen molar-refractivity contribution in [2.75, 3.05) is 13.1 Å². The van der Waals surface area contributed by atoms with Crippen LogP contribution in [0.3, 0.4) is 0 Å². The van der Waals surface area contributed by atoms with E-state index in [2.05, 4.69) is 58.4 Å². The summed E-state index contributed by atoms with van der Waals surface area (Å²) < 4.78 is 14.3. The van der Waals surface area contributed by atoms with Crippen molar-refractivity contribution in [3.05, 3.63) is 101 Å². The van der Waals surface area contributed by atoms with Crippen molar-refractivity contribution in [3.63, 3.8) is 0 Å². The lowest BCUT2D eigenvalue weighted by Gasteiger charge is -2.45. The summed E-state index contributed by atoms with van der Waals surface area (Å²) in [5.41, 5.74) is 3.40. The predicted molar refractivity (Wildman–Crippen MR) is 118 cm³/mol. The second-order valence-corrected chi connectivity index (χ2v) is 8.62. The molecule has 0 saturated carbocycles. The quantitative estimate of drug-likeness (QED) is 0.584. The van der Waals surface area contributed by atoms with Crippen LogP contribution in [0, 0.1) is 12.9 Å². The summed E-state index contributed by atoms with van der Waals surface area (Å²) in [5, 5.41) is 0. The van der Waals surface area contributed by atoms with Crippen molar-refractivity contribution < 1.29 is 9.18 Å². The SMILES string of the molecule is Cc1cnc(F)c(C(=O)N2CC3CCC(C2)N3C(c2ccccc2)c2ccccc2)c1. The van der Waals surface area contributed by atoms with E-state index in [9.17, 15) is 9.18 Å². The molecule has 0 N–H and O–H groups in total. The van der Waals surface area contributed by atoms with E-state index < -0.39 is 5.95 Å². The lowest BCUT2D eigenvalue weighted by Crippen LogP contribution is -2.56. The molecular weight excluding hydrogens is 389 g/mol. The third-order valence-corrected chi connectivity index (χ3v) is 6.56. The number of carbonyl (C=O) groups is 1. The Morgan fingerprint density at radius 1 is 0.968 bits per heavy atom. The second kappa shape index (κ2) is 8.23. The minimum Gasteiger partial charge on any atom is -0.335 e. The number of pyridine rings is 1. The Bertz CT molecular complexity index is 1020. The molecule has 2 atom stereocenters. The van der Waals surface area contributed by atoms with Crippen molar-refractivity contribution in [1.29, 1.82) is 0 Å². The summed E-state index contributed by atoms with van der Waals surface area (Å²) in [7, 11) is 0. The summed E-state index contributed by atoms with van der Waals surface area (Å²) >= 11 is 0. The number of aromatic nitrogens is 1. The lowest BCUT2D eigenvalue weighted by atomic mass is 9.94. The Hall–Kier alpha value is -3.05. The summed E-state index contributed by atoms with van der Waals surface area (Å²) in [6, 6.07) is 23.4. The Balaban J connectivity index is 1.45. The fraction of sp³-hybridized carbons (Fsp3) is 0.308. The van der Waals surface area contributed by atoms with Gasteiger partial charge in [-0.05, 0) is 42.5 Å². The number of hydrogen-bond donors (Lipinski definition) is 0. The molecule has 2 aromatic carbocycles. The normalized spacial score (nSPS) is 20.9. The largest absolute Gasteiger partial charge is 0.335 e. The molecule has 31 heavy (non-hydrogen) atoms. The monoisotopic (exact) mass is 415 g/mol. The fourth-order valence-corrected chi connectivity index (χ4v) is 5.20. The molecule has 0 radical (unpaired) electrons. The van der Waals surface area contributed by atoms with E-state index in [1.165, 1.54) is 17.3 Å². The molecule has 2 unspecified atom stereocenters. The molecule has 1 amide bonds. The van der Waals surface area contributed by atoms with Gasteiger partial charge in [-0.3, -0.25) is 9.69 Å². The Labute approximate surface area is 182 Å². The maximum atomic E-state index is 14.3. The van der Waals surface area contributed by atoms with Gasteiger partial charge in [0.05, 0.1) is 11.6 Å². The fourth-order valence-electron chi connectivity index (χ4n) is 5.20. The van der Waals surface area contributed by atoms with Gasteiger partial charge >= 0.3 is 0 Å². The predicted octanol–water partition coefficient (Wildman–Crippen LogP) is 4.61. The summed E-state index contributed by atoms with van der Waals surface area (Å²) in [6.45, 7) is 3.05. The van der Waals surface area contributed by atoms with Gasteiger partial charge in [-0.2, -0.15) is 4.39 Å². The van der Waals surface area contributed by atoms with E-state index in [1.807, 2.05) is 24.0 Å². The Kier molecular flexibility index (Phi) is 5.28. The van der Waals surface area contributed by atoms with Gasteiger partial charge in [-0.1, -0.05) is 60.7 Å². The van der Waals surface area contributed by atoms with Crippen LogP contribution < -0.4 is 0 Å². The first kappa shape index (κ1) is 19.9. The number of aryl methyl sites for hydroxylation is 1. The molecule has 5 rings (SSSR count). The first-order valence-corrected chi connectivity index (χ1v) is 10.9. The van der Waals surface area contributed by atoms with Crippen LogP contribution in [-0.4, -0.2) is 45.9 Å². The molecule has 1 aromatic heterocycles. The average Bonchev–Trinajstić information content (AvgIpc) is 3.04. The number of amides is 1. The highest BCUT2D eigenvalue weighted by Gasteiger charge is 2.45. The van der Waals surface area contributed by atoms with Crippen LogP contribution in [0.2, 0.25) is 0 Å². The lowest BCUT2D eigenvalue weighted by molar-refractivity contribution is 0.0336. The highest BCUT2D eigenvalue weighted by atomic mass is 19.1. The number of likely N-dealkylation sites (tertiary alicyclic amines) is 1. The minimum absolute atomic E-state index is 0.0792. The smallest absolute Gasteiger partial charge is 0.258 e. The van der Waals surface area contributed by atoms with Crippen LogP contribution in [0.15, 0.2) is 72.9 Å². The number of carbonyl (C=O) groups excluding carboxylic acids is 1. The van der Waals surface area contributed by atoms with Gasteiger partial charge in [0, 0.05) is 31.4 Å². The van der Waals surface area contributed by atoms with Gasteiger partial charge < -0.3 is 4.90 Å². The van der Waals surface area contributed by atoms with E-state index in [-0.39, 0.29) is 29.6 Å². The van der Waals surface area contributed by atoms with Crippen LogP contribution in [0.25, 0.3) is 0 Å². The molecule has 2 aliphatic heterocycles. The average molecular weight is 416 g/mol. The molecule has 158 valence electrons. The van der Waals surface area contributed by atoms with Crippen LogP contribution in [0.5, 0.6) is 0 Å². The van der Waals surface area contributed by atoms with Crippen LogP contribution in [0.4, 0.5) is 4.39 Å². The molecule has 2 saturated heterocycles. The Morgan fingerprint density at radius 2 is 1.52 bits per heavy atom. The molecule has 3 aromatic rings. The zero-order valence-electron chi connectivity index (χ0n) is 17.6. The third kappa shape index (κ3) is 3.74. The van der Waals surface area contributed by atoms with Crippen LogP contribution >= 0.6 is 0 Å². The third-order valence-electron chi connectivity index (χ3n) is 6.56. The van der Waals surface area contributed by atoms with Crippen LogP contribution in [-0.2, 0) is 0 Å². The minimum atomic E-state index is -0.683. The molecule has 2 bridgehead atoms. The first-order chi connectivity index (χ1) is 15.1. The van der Waals surface area contributed by atoms with E-state index in [1.54, 1.807) is 6.07 Å². The Morgan fingerprint density at radius 3 is 2.06 bits per heavy atom. The molecule has 0 spiro atoms. The number of benzene rings is 2. The second-order valence-electron chi connectivity index (χ2n) is 8.62. The standard InChI is InChI=1S/C26H26FN3O/c1-18-14-23(25(27)28-15-18)26(31)29-16-21-12-13-22(17-29)30(21)24(19-8-4-2-5-9-19)20-10-6-3-7-11-20/h2-11,14-15,21-22,24H,12-13,16-17H2,1H3. The first-order valence-electron chi connectivity index (χ1n) is 10.9. The zero-order valence-corrected chi connectivity index (χ0v) is 17.6. The summed E-state index contributed by atoms with van der Waals surface area (Å²) in [6.07, 6.45) is 3.54. The van der Waals surface area contributed by atoms with Gasteiger partial charge in [0.15, 0.2) is 0 Å². The molecule has 2 aliphatic rings. The van der Waals surface area contributed by atoms with Crippen molar-refractivity contribution in [2.24, 2.45) is 0 Å². The molecular formula is C26H26FN3O. The van der Waals surface area contributed by atoms with Gasteiger partial charge in [-0.25, -0.2) is 4.98 Å². The van der Waals surface area contributed by atoms with Gasteiger partial charge in [-0.15, -0.1) is 0 Å². The van der Waals surface area contributed by atoms with E-state index in [4.69, 9.17) is 0 Å². The maximum absolute atomic E-state index is 14.3. The number of rotatable bonds is 4. The highest BCUT2D eigenvalue weighted by Crippen LogP contribution is 2.41. The summed E-state index contributed by atoms with van der Waals surface area (Å²) in [4.78, 5) is 21.3. The number of hydrogen-bond acceptors (Lipinski definition) is 3. The van der Waals surface area contributed by atoms with Gasteiger partial charge in [0.2, 0.25) is 5.95 Å². The van der Waals surface area contributed by atoms with Crippen molar-refractivity contribution in [3.8, 4) is 0 Å². The number of fused-ring (bicyclic) bond motifs is 2. The maximum Gasteiger partial charge on any atom is 0.258 e. The van der Waals surface area contributed by atoms with Crippen molar-refractivity contribution >= 4 is 5.91 Å². The number of piperazine rings is 1. The van der Waals surface area contributed by atoms with Crippen molar-refractivity contribution in [2.45, 2.75) is 37.9 Å². The van der Waals surface area contributed by atoms with E-state index >= 15 is 0 Å². The number of nitrogens with zero attached hydrogens (tertiary/aromatic N) is 3. The highest BCUT2D eigenvalue weighted by molar-refractivity contribution is 5.94. The van der Waals surface area contributed by atoms with Gasteiger partial charge in [0.25, 0.3) is 5.91 Å². The van der Waals surface area contributed by atoms with Crippen LogP contribution in [0.1, 0.15) is 45.9 Å². The van der Waals surface area contributed by atoms with Gasteiger partial charge in [0.1, 0.15) is 0 Å². The van der Waals surface area contributed by atoms with Crippen molar-refractivity contribution in [1.82, 2.24) is 14.8 Å². The molecule has 5 heteroatoms. The van der Waals surface area contributed by atoms with E-state index in [0.717, 1.165) is 18.4 Å². The van der Waals surface area contributed by atoms with E-state index in [0.29, 0.717) is 13.1 Å². The molecule has 4 nitrogen and oxygen atoms in total. The summed E-state index contributed by atoms with van der Waals surface area (Å²) in [5.74, 6) is -0.932. The topological polar surface area (TPSA) is 36.4 Å². The zero-order chi connectivity index (χ0) is 21.4. The molecule has 3 heterocycles. The number of halogens is 1. The molecule has 0 aliphatic carbocycles. The molecule has 2 fully saturated rings.